The average Bonchev–Trinajstić information content (AvgIpc) is 3.12. The number of nitrogens with zero attached hydrogens (tertiary/aromatic N) is 2. The zero-order chi connectivity index (χ0) is 17.7. The number of hydrogen-bond donors (Lipinski definition) is 1. The summed E-state index contributed by atoms with van der Waals surface area (Å²) in [4.78, 5) is 29.8. The van der Waals surface area contributed by atoms with Gasteiger partial charge in [-0.1, -0.05) is 19.9 Å². The number of carbonyl (C=O) groups is 2. The summed E-state index contributed by atoms with van der Waals surface area (Å²) in [7, 11) is 1.82. The molecule has 0 spiro atoms. The fraction of sp³-hybridized carbons (Fsp3) is 0.667. The van der Waals surface area contributed by atoms with Crippen molar-refractivity contribution >= 4 is 23.2 Å². The van der Waals surface area contributed by atoms with Crippen molar-refractivity contribution in [2.45, 2.75) is 51.6 Å². The van der Waals surface area contributed by atoms with Gasteiger partial charge in [0.25, 0.3) is 5.91 Å². The van der Waals surface area contributed by atoms with Crippen molar-refractivity contribution in [2.24, 2.45) is 11.7 Å². The van der Waals surface area contributed by atoms with Gasteiger partial charge in [0.2, 0.25) is 5.91 Å². The fourth-order valence-electron chi connectivity index (χ4n) is 3.01. The van der Waals surface area contributed by atoms with E-state index in [9.17, 15) is 9.59 Å². The lowest BCUT2D eigenvalue weighted by atomic mass is 9.99. The third-order valence-corrected chi connectivity index (χ3v) is 5.67. The Balaban J connectivity index is 2.01. The summed E-state index contributed by atoms with van der Waals surface area (Å²) in [6.45, 7) is 5.48. The Kier molecular flexibility index (Phi) is 6.80. The van der Waals surface area contributed by atoms with Gasteiger partial charge < -0.3 is 15.5 Å². The van der Waals surface area contributed by atoms with E-state index in [-0.39, 0.29) is 23.9 Å². The number of carbonyl (C=O) groups excluding carboxylic acids is 2. The largest absolute Gasteiger partial charge is 0.344 e. The minimum atomic E-state index is -0.339. The number of nitrogens with two attached hydrogens (primary N) is 1. The predicted molar refractivity (Wildman–Crippen MR) is 98.1 cm³/mol. The summed E-state index contributed by atoms with van der Waals surface area (Å²) in [5, 5.41) is 1.90. The Morgan fingerprint density at radius 3 is 2.79 bits per heavy atom. The van der Waals surface area contributed by atoms with Crippen LogP contribution >= 0.6 is 11.3 Å². The fourth-order valence-corrected chi connectivity index (χ4v) is 3.69. The van der Waals surface area contributed by atoms with Gasteiger partial charge in [-0.05, 0) is 43.0 Å². The topological polar surface area (TPSA) is 66.6 Å². The van der Waals surface area contributed by atoms with Gasteiger partial charge >= 0.3 is 0 Å². The molecule has 0 bridgehead atoms. The Labute approximate surface area is 148 Å². The van der Waals surface area contributed by atoms with Crippen LogP contribution in [-0.4, -0.2) is 53.8 Å². The molecule has 0 saturated carbocycles. The molecule has 1 aliphatic heterocycles. The van der Waals surface area contributed by atoms with Crippen molar-refractivity contribution in [3.63, 3.8) is 0 Å². The maximum absolute atomic E-state index is 12.9. The van der Waals surface area contributed by atoms with E-state index < -0.39 is 0 Å². The van der Waals surface area contributed by atoms with E-state index in [4.69, 9.17) is 5.73 Å². The number of thiophene rings is 1. The Morgan fingerprint density at radius 2 is 2.17 bits per heavy atom. The first-order chi connectivity index (χ1) is 11.4. The molecule has 1 saturated heterocycles. The molecule has 1 aromatic heterocycles. The van der Waals surface area contributed by atoms with E-state index >= 15 is 0 Å². The van der Waals surface area contributed by atoms with Crippen LogP contribution in [0.3, 0.4) is 0 Å². The normalized spacial score (nSPS) is 19.4. The highest BCUT2D eigenvalue weighted by Gasteiger charge is 2.34. The molecule has 6 heteroatoms. The highest BCUT2D eigenvalue weighted by atomic mass is 32.1. The molecule has 2 rings (SSSR count). The average molecular weight is 352 g/mol. The number of hydrogen-bond acceptors (Lipinski definition) is 4. The highest BCUT2D eigenvalue weighted by molar-refractivity contribution is 7.12. The lowest BCUT2D eigenvalue weighted by molar-refractivity contribution is -0.136. The molecule has 2 atom stereocenters. The number of piperidine rings is 1. The number of likely N-dealkylation sites (tertiary alicyclic amines) is 1. The standard InChI is InChI=1S/C18H29N3O2S/c1-13(2)14(19)9-11-20(3)17(22)15-7-4-5-10-21(15)18(23)16-8-6-12-24-16/h6,8,12-15H,4-5,7,9-11,19H2,1-3H3. The quantitative estimate of drug-likeness (QED) is 0.856. The molecule has 1 aliphatic rings. The molecular formula is C18H29N3O2S. The molecule has 24 heavy (non-hydrogen) atoms. The summed E-state index contributed by atoms with van der Waals surface area (Å²) < 4.78 is 0. The molecule has 2 heterocycles. The Hall–Kier alpha value is -1.40. The second-order valence-corrected chi connectivity index (χ2v) is 7.89. The summed E-state index contributed by atoms with van der Waals surface area (Å²) in [5.74, 6) is 0.422. The second-order valence-electron chi connectivity index (χ2n) is 6.94. The van der Waals surface area contributed by atoms with Gasteiger partial charge in [0.05, 0.1) is 4.88 Å². The van der Waals surface area contributed by atoms with E-state index in [1.807, 2.05) is 24.6 Å². The molecule has 0 aliphatic carbocycles. The van der Waals surface area contributed by atoms with E-state index in [1.54, 1.807) is 9.80 Å². The minimum Gasteiger partial charge on any atom is -0.344 e. The highest BCUT2D eigenvalue weighted by Crippen LogP contribution is 2.23. The van der Waals surface area contributed by atoms with Crippen molar-refractivity contribution < 1.29 is 9.59 Å². The van der Waals surface area contributed by atoms with Crippen LogP contribution in [0.25, 0.3) is 0 Å². The molecule has 2 unspecified atom stereocenters. The van der Waals surface area contributed by atoms with Gasteiger partial charge in [-0.2, -0.15) is 0 Å². The van der Waals surface area contributed by atoms with Crippen molar-refractivity contribution in [1.82, 2.24) is 9.80 Å². The van der Waals surface area contributed by atoms with Crippen LogP contribution in [0.4, 0.5) is 0 Å². The van der Waals surface area contributed by atoms with Crippen LogP contribution in [0.5, 0.6) is 0 Å². The van der Waals surface area contributed by atoms with Gasteiger partial charge in [0.1, 0.15) is 6.04 Å². The Morgan fingerprint density at radius 1 is 1.42 bits per heavy atom. The number of rotatable bonds is 6. The zero-order valence-electron chi connectivity index (χ0n) is 14.9. The van der Waals surface area contributed by atoms with Crippen molar-refractivity contribution in [1.29, 1.82) is 0 Å². The lowest BCUT2D eigenvalue weighted by Crippen LogP contribution is -2.52. The van der Waals surface area contributed by atoms with Crippen molar-refractivity contribution in [3.8, 4) is 0 Å². The first-order valence-corrected chi connectivity index (χ1v) is 9.64. The summed E-state index contributed by atoms with van der Waals surface area (Å²) >= 11 is 1.43. The molecular weight excluding hydrogens is 322 g/mol. The summed E-state index contributed by atoms with van der Waals surface area (Å²) in [6, 6.07) is 3.45. The van der Waals surface area contributed by atoms with Gasteiger partial charge in [-0.25, -0.2) is 0 Å². The second kappa shape index (κ2) is 8.62. The first kappa shape index (κ1) is 18.9. The van der Waals surface area contributed by atoms with E-state index in [0.29, 0.717) is 23.9 Å². The zero-order valence-corrected chi connectivity index (χ0v) is 15.7. The molecule has 0 aromatic carbocycles. The van der Waals surface area contributed by atoms with Crippen LogP contribution in [-0.2, 0) is 4.79 Å². The van der Waals surface area contributed by atoms with Gasteiger partial charge in [-0.3, -0.25) is 9.59 Å². The third kappa shape index (κ3) is 4.57. The Bertz CT molecular complexity index is 544. The first-order valence-electron chi connectivity index (χ1n) is 8.77. The van der Waals surface area contributed by atoms with Crippen LogP contribution in [0.2, 0.25) is 0 Å². The summed E-state index contributed by atoms with van der Waals surface area (Å²) in [5.41, 5.74) is 6.08. The van der Waals surface area contributed by atoms with E-state index in [2.05, 4.69) is 13.8 Å². The van der Waals surface area contributed by atoms with Crippen LogP contribution in [0.15, 0.2) is 17.5 Å². The maximum Gasteiger partial charge on any atom is 0.264 e. The van der Waals surface area contributed by atoms with Gasteiger partial charge in [0.15, 0.2) is 0 Å². The molecule has 1 aromatic rings. The van der Waals surface area contributed by atoms with E-state index in [0.717, 1.165) is 25.7 Å². The predicted octanol–water partition coefficient (Wildman–Crippen LogP) is 2.57. The SMILES string of the molecule is CC(C)C(N)CCN(C)C(=O)C1CCCCN1C(=O)c1cccs1. The third-order valence-electron chi connectivity index (χ3n) is 4.81. The molecule has 0 radical (unpaired) electrons. The van der Waals surface area contributed by atoms with Gasteiger partial charge in [0, 0.05) is 26.2 Å². The van der Waals surface area contributed by atoms with Crippen LogP contribution < -0.4 is 5.73 Å². The smallest absolute Gasteiger partial charge is 0.264 e. The molecule has 5 nitrogen and oxygen atoms in total. The number of amides is 2. The van der Waals surface area contributed by atoms with Gasteiger partial charge in [-0.15, -0.1) is 11.3 Å². The number of likely N-dealkylation sites (N-methyl/N-ethyl adjacent to an activating group) is 1. The minimum absolute atomic E-state index is 0.0182. The summed E-state index contributed by atoms with van der Waals surface area (Å²) in [6.07, 6.45) is 3.48. The molecule has 1 fully saturated rings. The van der Waals surface area contributed by atoms with Crippen molar-refractivity contribution in [3.05, 3.63) is 22.4 Å². The lowest BCUT2D eigenvalue weighted by Gasteiger charge is -2.36. The molecule has 134 valence electrons. The molecule has 2 N–H and O–H groups in total. The molecule has 2 amide bonds. The van der Waals surface area contributed by atoms with Crippen LogP contribution in [0.1, 0.15) is 49.2 Å². The van der Waals surface area contributed by atoms with Crippen molar-refractivity contribution in [2.75, 3.05) is 20.1 Å². The van der Waals surface area contributed by atoms with Crippen LogP contribution in [0, 0.1) is 5.92 Å². The maximum atomic E-state index is 12.9. The van der Waals surface area contributed by atoms with E-state index in [1.165, 1.54) is 11.3 Å². The monoisotopic (exact) mass is 351 g/mol.